The van der Waals surface area contributed by atoms with E-state index in [4.69, 9.17) is 0 Å². The Morgan fingerprint density at radius 2 is 1.73 bits per heavy atom. The Balaban J connectivity index is 2.47. The molecule has 0 radical (unpaired) electrons. The molecule has 0 spiro atoms. The van der Waals surface area contributed by atoms with Crippen LogP contribution in [0.15, 0.2) is 53.4 Å². The van der Waals surface area contributed by atoms with Crippen molar-refractivity contribution in [3.63, 3.8) is 0 Å². The Bertz CT molecular complexity index is 833. The minimum absolute atomic E-state index is 0.00523. The molecule has 6 heteroatoms. The van der Waals surface area contributed by atoms with E-state index < -0.39 is 15.8 Å². The molecule has 0 fully saturated rings. The van der Waals surface area contributed by atoms with Crippen LogP contribution < -0.4 is 0 Å². The van der Waals surface area contributed by atoms with Crippen LogP contribution in [0.5, 0.6) is 5.75 Å². The van der Waals surface area contributed by atoms with Gasteiger partial charge in [-0.1, -0.05) is 24.3 Å². The number of sulfone groups is 1. The van der Waals surface area contributed by atoms with Gasteiger partial charge in [0.2, 0.25) is 0 Å². The third-order valence-corrected chi connectivity index (χ3v) is 4.13. The van der Waals surface area contributed by atoms with Crippen molar-refractivity contribution in [2.24, 2.45) is 0 Å². The van der Waals surface area contributed by atoms with Gasteiger partial charge in [-0.2, -0.15) is 0 Å². The molecular weight excluding hydrogens is 304 g/mol. The molecule has 0 amide bonds. The number of hydrogen-bond acceptors (Lipinski definition) is 4. The zero-order chi connectivity index (χ0) is 16.3. The quantitative estimate of drug-likeness (QED) is 0.667. The second kappa shape index (κ2) is 6.03. The monoisotopic (exact) mass is 318 g/mol. The summed E-state index contributed by atoms with van der Waals surface area (Å²) in [6.45, 7) is 0. The molecule has 114 valence electrons. The predicted molar refractivity (Wildman–Crippen MR) is 83.2 cm³/mol. The van der Waals surface area contributed by atoms with Gasteiger partial charge in [-0.3, -0.25) is 0 Å². The van der Waals surface area contributed by atoms with Crippen molar-refractivity contribution in [2.75, 3.05) is 6.26 Å². The van der Waals surface area contributed by atoms with Gasteiger partial charge in [-0.15, -0.1) is 0 Å². The summed E-state index contributed by atoms with van der Waals surface area (Å²) in [5, 5.41) is 18.8. The number of aromatic hydroxyl groups is 1. The van der Waals surface area contributed by atoms with Crippen LogP contribution >= 0.6 is 0 Å². The first-order valence-corrected chi connectivity index (χ1v) is 8.21. The lowest BCUT2D eigenvalue weighted by molar-refractivity contribution is -0.130. The minimum Gasteiger partial charge on any atom is -0.508 e. The van der Waals surface area contributed by atoms with Crippen molar-refractivity contribution in [2.45, 2.75) is 4.90 Å². The van der Waals surface area contributed by atoms with Crippen LogP contribution in [0, 0.1) is 0 Å². The van der Waals surface area contributed by atoms with Crippen molar-refractivity contribution < 1.29 is 23.4 Å². The van der Waals surface area contributed by atoms with E-state index >= 15 is 0 Å². The molecule has 5 nitrogen and oxygen atoms in total. The lowest BCUT2D eigenvalue weighted by Gasteiger charge is -2.05. The smallest absolute Gasteiger partial charge is 0.336 e. The van der Waals surface area contributed by atoms with Gasteiger partial charge in [0.05, 0.1) is 10.5 Å². The molecule has 2 rings (SSSR count). The highest BCUT2D eigenvalue weighted by atomic mass is 32.2. The van der Waals surface area contributed by atoms with Crippen LogP contribution in [0.3, 0.4) is 0 Å². The van der Waals surface area contributed by atoms with E-state index in [0.29, 0.717) is 11.1 Å². The average Bonchev–Trinajstić information content (AvgIpc) is 2.44. The number of carboxylic acids is 1. The molecule has 0 bridgehead atoms. The van der Waals surface area contributed by atoms with Gasteiger partial charge in [-0.05, 0) is 41.5 Å². The molecule has 0 saturated heterocycles. The van der Waals surface area contributed by atoms with E-state index in [1.54, 1.807) is 12.1 Å². The van der Waals surface area contributed by atoms with Gasteiger partial charge in [0.25, 0.3) is 0 Å². The highest BCUT2D eigenvalue weighted by molar-refractivity contribution is 7.90. The van der Waals surface area contributed by atoms with Gasteiger partial charge in [0, 0.05) is 6.26 Å². The SMILES string of the molecule is CS(=O)(=O)c1ccc(/C(=C\c2cccc(O)c2)C(=O)O)cc1. The van der Waals surface area contributed by atoms with Gasteiger partial charge in [-0.25, -0.2) is 13.2 Å². The summed E-state index contributed by atoms with van der Waals surface area (Å²) in [6, 6.07) is 11.8. The highest BCUT2D eigenvalue weighted by Crippen LogP contribution is 2.22. The Morgan fingerprint density at radius 3 is 2.23 bits per heavy atom. The van der Waals surface area contributed by atoms with Crippen LogP contribution in [-0.2, 0) is 14.6 Å². The van der Waals surface area contributed by atoms with Crippen LogP contribution in [0.1, 0.15) is 11.1 Å². The predicted octanol–water partition coefficient (Wildman–Crippen LogP) is 2.42. The van der Waals surface area contributed by atoms with Crippen molar-refractivity contribution in [3.8, 4) is 5.75 Å². The third kappa shape index (κ3) is 3.73. The lowest BCUT2D eigenvalue weighted by Crippen LogP contribution is -2.01. The Morgan fingerprint density at radius 1 is 1.09 bits per heavy atom. The Labute approximate surface area is 128 Å². The molecule has 2 N–H and O–H groups in total. The first-order valence-electron chi connectivity index (χ1n) is 6.32. The summed E-state index contributed by atoms with van der Waals surface area (Å²) >= 11 is 0. The van der Waals surface area contributed by atoms with E-state index in [1.807, 2.05) is 0 Å². The zero-order valence-corrected chi connectivity index (χ0v) is 12.5. The molecule has 0 saturated carbocycles. The van der Waals surface area contributed by atoms with E-state index in [9.17, 15) is 23.4 Å². The second-order valence-electron chi connectivity index (χ2n) is 4.75. The maximum absolute atomic E-state index is 11.4. The van der Waals surface area contributed by atoms with E-state index in [0.717, 1.165) is 6.26 Å². The van der Waals surface area contributed by atoms with Crippen LogP contribution in [0.2, 0.25) is 0 Å². The van der Waals surface area contributed by atoms with Gasteiger partial charge < -0.3 is 10.2 Å². The number of phenols is 1. The van der Waals surface area contributed by atoms with E-state index in [1.165, 1.54) is 42.5 Å². The molecule has 0 aliphatic heterocycles. The number of benzene rings is 2. The van der Waals surface area contributed by atoms with Gasteiger partial charge in [0.15, 0.2) is 9.84 Å². The molecule has 0 aromatic heterocycles. The number of carboxylic acid groups (broad SMARTS) is 1. The van der Waals surface area contributed by atoms with Crippen molar-refractivity contribution in [1.29, 1.82) is 0 Å². The third-order valence-electron chi connectivity index (χ3n) is 3.01. The fourth-order valence-electron chi connectivity index (χ4n) is 1.93. The fourth-order valence-corrected chi connectivity index (χ4v) is 2.56. The number of rotatable bonds is 4. The molecule has 0 heterocycles. The number of aliphatic carboxylic acids is 1. The maximum Gasteiger partial charge on any atom is 0.336 e. The number of phenolic OH excluding ortho intramolecular Hbond substituents is 1. The largest absolute Gasteiger partial charge is 0.508 e. The van der Waals surface area contributed by atoms with Crippen LogP contribution in [0.4, 0.5) is 0 Å². The van der Waals surface area contributed by atoms with Crippen molar-refractivity contribution >= 4 is 27.5 Å². The normalized spacial score (nSPS) is 12.1. The van der Waals surface area contributed by atoms with E-state index in [2.05, 4.69) is 0 Å². The van der Waals surface area contributed by atoms with Crippen molar-refractivity contribution in [3.05, 3.63) is 59.7 Å². The maximum atomic E-state index is 11.4. The molecular formula is C16H14O5S. The Kier molecular flexibility index (Phi) is 4.32. The van der Waals surface area contributed by atoms with Gasteiger partial charge in [0.1, 0.15) is 5.75 Å². The second-order valence-corrected chi connectivity index (χ2v) is 6.77. The molecule has 0 unspecified atom stereocenters. The van der Waals surface area contributed by atoms with Crippen LogP contribution in [-0.4, -0.2) is 30.9 Å². The number of hydrogen-bond donors (Lipinski definition) is 2. The molecule has 2 aromatic rings. The highest BCUT2D eigenvalue weighted by Gasteiger charge is 2.13. The molecule has 0 atom stereocenters. The zero-order valence-electron chi connectivity index (χ0n) is 11.7. The summed E-state index contributed by atoms with van der Waals surface area (Å²) in [4.78, 5) is 11.5. The average molecular weight is 318 g/mol. The fraction of sp³-hybridized carbons (Fsp3) is 0.0625. The summed E-state index contributed by atoms with van der Waals surface area (Å²) in [5.74, 6) is -1.11. The standard InChI is InChI=1S/C16H14O5S/c1-22(20,21)14-7-5-12(6-8-14)15(16(18)19)10-11-3-2-4-13(17)9-11/h2-10,17H,1H3,(H,18,19)/b15-10+. The molecule has 0 aliphatic rings. The van der Waals surface area contributed by atoms with Crippen molar-refractivity contribution in [1.82, 2.24) is 0 Å². The molecule has 0 aliphatic carbocycles. The summed E-state index contributed by atoms with van der Waals surface area (Å²) < 4.78 is 22.8. The summed E-state index contributed by atoms with van der Waals surface area (Å²) in [5.41, 5.74) is 0.915. The topological polar surface area (TPSA) is 91.7 Å². The minimum atomic E-state index is -3.33. The molecule has 2 aromatic carbocycles. The summed E-state index contributed by atoms with van der Waals surface area (Å²) in [7, 11) is -3.33. The van der Waals surface area contributed by atoms with Gasteiger partial charge >= 0.3 is 5.97 Å². The summed E-state index contributed by atoms with van der Waals surface area (Å²) in [6.07, 6.45) is 2.50. The van der Waals surface area contributed by atoms with Crippen LogP contribution in [0.25, 0.3) is 11.6 Å². The molecule has 22 heavy (non-hydrogen) atoms. The lowest BCUT2D eigenvalue weighted by atomic mass is 10.0. The van der Waals surface area contributed by atoms with E-state index in [-0.39, 0.29) is 16.2 Å². The first-order chi connectivity index (χ1) is 10.3. The Hall–Kier alpha value is -2.60. The number of carbonyl (C=O) groups is 1. The first kappa shape index (κ1) is 15.8.